The van der Waals surface area contributed by atoms with Crippen LogP contribution in [0.4, 0.5) is 4.39 Å². The molecule has 1 aromatic heterocycles. The van der Waals surface area contributed by atoms with Crippen LogP contribution in [0.3, 0.4) is 0 Å². The average molecular weight is 281 g/mol. The number of nitrogens with one attached hydrogen (secondary N) is 1. The van der Waals surface area contributed by atoms with Crippen LogP contribution in [-0.4, -0.2) is 16.1 Å². The van der Waals surface area contributed by atoms with Crippen LogP contribution in [0.15, 0.2) is 42.5 Å². The van der Waals surface area contributed by atoms with Crippen molar-refractivity contribution in [2.45, 2.75) is 12.5 Å². The molecule has 0 aliphatic carbocycles. The third-order valence-corrected chi connectivity index (χ3v) is 4.24. The predicted molar refractivity (Wildman–Crippen MR) is 80.7 cm³/mol. The number of benzene rings is 2. The number of aromatic nitrogens is 2. The number of hydrogen-bond acceptors (Lipinski definition) is 2. The van der Waals surface area contributed by atoms with Crippen molar-refractivity contribution in [3.63, 3.8) is 0 Å². The highest BCUT2D eigenvalue weighted by molar-refractivity contribution is 5.76. The molecule has 4 heteroatoms. The van der Waals surface area contributed by atoms with Crippen LogP contribution in [0.2, 0.25) is 0 Å². The SMILES string of the molecule is Cn1c(C2NCCc3ccccc32)nc2ccc(F)cc21. The zero-order chi connectivity index (χ0) is 14.4. The maximum Gasteiger partial charge on any atom is 0.131 e. The molecule has 0 radical (unpaired) electrons. The molecule has 21 heavy (non-hydrogen) atoms. The second-order valence-electron chi connectivity index (χ2n) is 5.50. The molecule has 0 saturated carbocycles. The minimum absolute atomic E-state index is 0.0652. The summed E-state index contributed by atoms with van der Waals surface area (Å²) < 4.78 is 15.4. The maximum atomic E-state index is 13.5. The minimum atomic E-state index is -0.228. The Morgan fingerprint density at radius 2 is 2.10 bits per heavy atom. The van der Waals surface area contributed by atoms with E-state index in [2.05, 4.69) is 29.6 Å². The lowest BCUT2D eigenvalue weighted by Gasteiger charge is -2.26. The first-order valence-electron chi connectivity index (χ1n) is 7.17. The molecule has 0 spiro atoms. The molecule has 0 fully saturated rings. The lowest BCUT2D eigenvalue weighted by molar-refractivity contribution is 0.532. The molecule has 0 bridgehead atoms. The van der Waals surface area contributed by atoms with Crippen LogP contribution in [0.1, 0.15) is 23.0 Å². The van der Waals surface area contributed by atoms with Gasteiger partial charge in [0.15, 0.2) is 0 Å². The quantitative estimate of drug-likeness (QED) is 0.743. The number of fused-ring (bicyclic) bond motifs is 2. The van der Waals surface area contributed by atoms with E-state index in [-0.39, 0.29) is 11.9 Å². The van der Waals surface area contributed by atoms with E-state index in [1.165, 1.54) is 17.2 Å². The second-order valence-corrected chi connectivity index (χ2v) is 5.50. The monoisotopic (exact) mass is 281 g/mol. The summed E-state index contributed by atoms with van der Waals surface area (Å²) in [4.78, 5) is 4.71. The number of rotatable bonds is 1. The van der Waals surface area contributed by atoms with Gasteiger partial charge in [-0.15, -0.1) is 0 Å². The fourth-order valence-electron chi connectivity index (χ4n) is 3.17. The van der Waals surface area contributed by atoms with Gasteiger partial charge in [-0.2, -0.15) is 0 Å². The van der Waals surface area contributed by atoms with Crippen molar-refractivity contribution in [3.8, 4) is 0 Å². The predicted octanol–water partition coefficient (Wildman–Crippen LogP) is 2.95. The Hall–Kier alpha value is -2.20. The molecule has 4 rings (SSSR count). The van der Waals surface area contributed by atoms with Crippen LogP contribution in [0.5, 0.6) is 0 Å². The first-order valence-corrected chi connectivity index (χ1v) is 7.17. The van der Waals surface area contributed by atoms with E-state index in [4.69, 9.17) is 4.98 Å². The molecule has 2 aromatic carbocycles. The molecule has 3 aromatic rings. The van der Waals surface area contributed by atoms with Gasteiger partial charge in [-0.3, -0.25) is 0 Å². The molecule has 2 heterocycles. The lowest BCUT2D eigenvalue weighted by Crippen LogP contribution is -2.32. The van der Waals surface area contributed by atoms with E-state index in [0.717, 1.165) is 29.8 Å². The van der Waals surface area contributed by atoms with Crippen LogP contribution < -0.4 is 5.32 Å². The van der Waals surface area contributed by atoms with Gasteiger partial charge < -0.3 is 9.88 Å². The Labute approximate surface area is 122 Å². The number of hydrogen-bond donors (Lipinski definition) is 1. The molecular weight excluding hydrogens is 265 g/mol. The molecule has 3 nitrogen and oxygen atoms in total. The summed E-state index contributed by atoms with van der Waals surface area (Å²) >= 11 is 0. The number of halogens is 1. The highest BCUT2D eigenvalue weighted by Gasteiger charge is 2.25. The van der Waals surface area contributed by atoms with Crippen molar-refractivity contribution in [1.29, 1.82) is 0 Å². The maximum absolute atomic E-state index is 13.5. The summed E-state index contributed by atoms with van der Waals surface area (Å²) in [5, 5.41) is 3.53. The highest BCUT2D eigenvalue weighted by Crippen LogP contribution is 2.29. The van der Waals surface area contributed by atoms with E-state index >= 15 is 0 Å². The van der Waals surface area contributed by atoms with Gasteiger partial charge in [-0.1, -0.05) is 24.3 Å². The summed E-state index contributed by atoms with van der Waals surface area (Å²) in [5.41, 5.74) is 4.29. The summed E-state index contributed by atoms with van der Waals surface area (Å²) in [6.45, 7) is 0.930. The first kappa shape index (κ1) is 12.5. The molecule has 0 saturated heterocycles. The molecule has 1 aliphatic rings. The topological polar surface area (TPSA) is 29.9 Å². The van der Waals surface area contributed by atoms with Crippen molar-refractivity contribution in [3.05, 3.63) is 65.2 Å². The summed E-state index contributed by atoms with van der Waals surface area (Å²) in [5.74, 6) is 0.705. The third kappa shape index (κ3) is 1.94. The highest BCUT2D eigenvalue weighted by atomic mass is 19.1. The van der Waals surface area contributed by atoms with E-state index in [1.807, 2.05) is 11.6 Å². The summed E-state index contributed by atoms with van der Waals surface area (Å²) in [6.07, 6.45) is 1.03. The Kier molecular flexibility index (Phi) is 2.79. The molecule has 1 N–H and O–H groups in total. The fourth-order valence-corrected chi connectivity index (χ4v) is 3.17. The largest absolute Gasteiger partial charge is 0.329 e. The third-order valence-electron chi connectivity index (χ3n) is 4.24. The van der Waals surface area contributed by atoms with Gasteiger partial charge in [-0.05, 0) is 35.7 Å². The van der Waals surface area contributed by atoms with Crippen molar-refractivity contribution in [1.82, 2.24) is 14.9 Å². The van der Waals surface area contributed by atoms with E-state index in [1.54, 1.807) is 12.1 Å². The van der Waals surface area contributed by atoms with Gasteiger partial charge in [-0.25, -0.2) is 9.37 Å². The van der Waals surface area contributed by atoms with Gasteiger partial charge in [0.1, 0.15) is 11.6 Å². The number of aryl methyl sites for hydroxylation is 1. The normalized spacial score (nSPS) is 17.9. The zero-order valence-corrected chi connectivity index (χ0v) is 11.8. The number of imidazole rings is 1. The van der Waals surface area contributed by atoms with E-state index in [9.17, 15) is 4.39 Å². The fraction of sp³-hybridized carbons (Fsp3) is 0.235. The van der Waals surface area contributed by atoms with E-state index < -0.39 is 0 Å². The Morgan fingerprint density at radius 1 is 1.24 bits per heavy atom. The molecule has 106 valence electrons. The van der Waals surface area contributed by atoms with Gasteiger partial charge in [0.2, 0.25) is 0 Å². The molecule has 1 aliphatic heterocycles. The second kappa shape index (κ2) is 4.67. The lowest BCUT2D eigenvalue weighted by atomic mass is 9.94. The molecule has 1 atom stereocenters. The molecule has 1 unspecified atom stereocenters. The van der Waals surface area contributed by atoms with Crippen molar-refractivity contribution < 1.29 is 4.39 Å². The Morgan fingerprint density at radius 3 is 3.00 bits per heavy atom. The summed E-state index contributed by atoms with van der Waals surface area (Å²) in [7, 11) is 1.95. The van der Waals surface area contributed by atoms with Crippen LogP contribution >= 0.6 is 0 Å². The van der Waals surface area contributed by atoms with Crippen LogP contribution in [0, 0.1) is 5.82 Å². The summed E-state index contributed by atoms with van der Waals surface area (Å²) in [6, 6.07) is 13.3. The Balaban J connectivity index is 1.90. The average Bonchev–Trinajstić information content (AvgIpc) is 2.83. The van der Waals surface area contributed by atoms with Gasteiger partial charge in [0.05, 0.1) is 17.1 Å². The smallest absolute Gasteiger partial charge is 0.131 e. The first-order chi connectivity index (χ1) is 10.2. The van der Waals surface area contributed by atoms with E-state index in [0.29, 0.717) is 0 Å². The standard InChI is InChI=1S/C17H16FN3/c1-21-15-10-12(18)6-7-14(15)20-17(21)16-13-5-3-2-4-11(13)8-9-19-16/h2-7,10,16,19H,8-9H2,1H3. The molecule has 0 amide bonds. The molecular formula is C17H16FN3. The Bertz CT molecular complexity index is 822. The zero-order valence-electron chi connectivity index (χ0n) is 11.8. The van der Waals surface area contributed by atoms with Gasteiger partial charge in [0, 0.05) is 13.6 Å². The van der Waals surface area contributed by atoms with Crippen molar-refractivity contribution in [2.24, 2.45) is 7.05 Å². The van der Waals surface area contributed by atoms with Gasteiger partial charge in [0.25, 0.3) is 0 Å². The minimum Gasteiger partial charge on any atom is -0.329 e. The van der Waals surface area contributed by atoms with Gasteiger partial charge >= 0.3 is 0 Å². The number of nitrogens with zero attached hydrogens (tertiary/aromatic N) is 2. The van der Waals surface area contributed by atoms with Crippen molar-refractivity contribution in [2.75, 3.05) is 6.54 Å². The van der Waals surface area contributed by atoms with Crippen LogP contribution in [0.25, 0.3) is 11.0 Å². The van der Waals surface area contributed by atoms with Crippen molar-refractivity contribution >= 4 is 11.0 Å². The van der Waals surface area contributed by atoms with Crippen LogP contribution in [-0.2, 0) is 13.5 Å².